The Kier molecular flexibility index (Phi) is 5.36. The summed E-state index contributed by atoms with van der Waals surface area (Å²) >= 11 is 0. The number of aromatic nitrogens is 3. The zero-order valence-corrected chi connectivity index (χ0v) is 20.4. The van der Waals surface area contributed by atoms with Crippen LogP contribution in [0.25, 0.3) is 16.7 Å². The second-order valence-corrected chi connectivity index (χ2v) is 10.1. The maximum absolute atomic E-state index is 13.2. The van der Waals surface area contributed by atoms with Crippen molar-refractivity contribution in [3.63, 3.8) is 0 Å². The highest BCUT2D eigenvalue weighted by molar-refractivity contribution is 5.71. The molecule has 0 aliphatic heterocycles. The summed E-state index contributed by atoms with van der Waals surface area (Å²) in [5.41, 5.74) is 4.26. The quantitative estimate of drug-likeness (QED) is 0.201. The van der Waals surface area contributed by atoms with E-state index >= 15 is 0 Å². The second-order valence-electron chi connectivity index (χ2n) is 10.1. The van der Waals surface area contributed by atoms with Crippen molar-refractivity contribution in [3.8, 4) is 11.4 Å². The van der Waals surface area contributed by atoms with E-state index in [0.29, 0.717) is 16.7 Å². The molecule has 0 saturated heterocycles. The molecule has 0 bridgehead atoms. The van der Waals surface area contributed by atoms with Crippen LogP contribution in [0.4, 0.5) is 0 Å². The van der Waals surface area contributed by atoms with E-state index in [2.05, 4.69) is 63.1 Å². The summed E-state index contributed by atoms with van der Waals surface area (Å²) in [6.45, 7) is 8.49. The molecule has 0 radical (unpaired) electrons. The standard InChI is InChI=1S/C30H29N3O2/c1-29(2,3)23-19-24(30(4,21-13-7-5-8-14-21)22-15-9-6-10-16-22)28(34)27(20-23)32-31-25-17-11-12-18-26(25)33(32)35/h5-20,34H,1-4H3. The minimum absolute atomic E-state index is 0.0330. The van der Waals surface area contributed by atoms with Crippen LogP contribution in [0, 0.1) is 5.21 Å². The molecule has 0 aliphatic carbocycles. The van der Waals surface area contributed by atoms with Gasteiger partial charge in [0.25, 0.3) is 0 Å². The monoisotopic (exact) mass is 463 g/mol. The Labute approximate surface area is 205 Å². The lowest BCUT2D eigenvalue weighted by Gasteiger charge is -2.34. The fraction of sp³-hybridized carbons (Fsp3) is 0.200. The number of para-hydroxylation sites is 1. The van der Waals surface area contributed by atoms with Gasteiger partial charge in [0, 0.05) is 11.0 Å². The number of hydrogen-bond acceptors (Lipinski definition) is 3. The van der Waals surface area contributed by atoms with Crippen LogP contribution in [0.2, 0.25) is 0 Å². The van der Waals surface area contributed by atoms with E-state index in [1.165, 1.54) is 4.80 Å². The van der Waals surface area contributed by atoms with E-state index in [1.54, 1.807) is 12.1 Å². The van der Waals surface area contributed by atoms with Crippen LogP contribution in [0.5, 0.6) is 5.75 Å². The van der Waals surface area contributed by atoms with Gasteiger partial charge in [-0.2, -0.15) is 0 Å². The predicted molar refractivity (Wildman–Crippen MR) is 139 cm³/mol. The highest BCUT2D eigenvalue weighted by Gasteiger charge is 2.37. The third-order valence-electron chi connectivity index (χ3n) is 6.87. The van der Waals surface area contributed by atoms with E-state index in [0.717, 1.165) is 27.1 Å². The van der Waals surface area contributed by atoms with Crippen LogP contribution in [0.3, 0.4) is 0 Å². The minimum Gasteiger partial charge on any atom is -0.692 e. The summed E-state index contributed by atoms with van der Waals surface area (Å²) in [7, 11) is 0. The molecule has 0 fully saturated rings. The normalized spacial score (nSPS) is 12.2. The smallest absolute Gasteiger partial charge is 0.250 e. The molecule has 0 aliphatic rings. The van der Waals surface area contributed by atoms with E-state index in [4.69, 9.17) is 0 Å². The Balaban J connectivity index is 1.87. The number of benzene rings is 4. The van der Waals surface area contributed by atoms with Crippen molar-refractivity contribution in [1.82, 2.24) is 9.90 Å². The maximum Gasteiger partial charge on any atom is 0.250 e. The van der Waals surface area contributed by atoms with Crippen molar-refractivity contribution in [2.45, 2.75) is 38.5 Å². The van der Waals surface area contributed by atoms with Gasteiger partial charge < -0.3 is 10.3 Å². The summed E-state index contributed by atoms with van der Waals surface area (Å²) in [5.74, 6) is 0.0330. The topological polar surface area (TPSA) is 65.0 Å². The van der Waals surface area contributed by atoms with E-state index < -0.39 is 5.41 Å². The van der Waals surface area contributed by atoms with Crippen LogP contribution in [0.15, 0.2) is 97.1 Å². The van der Waals surface area contributed by atoms with Crippen molar-refractivity contribution < 1.29 is 9.95 Å². The largest absolute Gasteiger partial charge is 0.692 e. The minimum atomic E-state index is -0.678. The first-order valence-corrected chi connectivity index (χ1v) is 11.8. The number of fused-ring (bicyclic) bond motifs is 1. The highest BCUT2D eigenvalue weighted by Crippen LogP contribution is 2.46. The van der Waals surface area contributed by atoms with Crippen LogP contribution in [0.1, 0.15) is 49.9 Å². The van der Waals surface area contributed by atoms with Crippen molar-refractivity contribution >= 4 is 11.0 Å². The zero-order chi connectivity index (χ0) is 24.8. The van der Waals surface area contributed by atoms with Gasteiger partial charge in [0.1, 0.15) is 0 Å². The number of phenols is 1. The van der Waals surface area contributed by atoms with Gasteiger partial charge in [-0.1, -0.05) is 99.6 Å². The molecule has 35 heavy (non-hydrogen) atoms. The van der Waals surface area contributed by atoms with Crippen molar-refractivity contribution in [1.29, 1.82) is 0 Å². The second kappa shape index (κ2) is 8.27. The molecular weight excluding hydrogens is 434 g/mol. The van der Waals surface area contributed by atoms with Gasteiger partial charge in [0.2, 0.25) is 11.0 Å². The Morgan fingerprint density at radius 1 is 0.743 bits per heavy atom. The molecule has 0 amide bonds. The van der Waals surface area contributed by atoms with Gasteiger partial charge in [0.15, 0.2) is 11.4 Å². The first-order chi connectivity index (χ1) is 16.7. The third-order valence-corrected chi connectivity index (χ3v) is 6.87. The SMILES string of the molecule is CC(C)(C)c1cc(-n2nc3ccccc3[n+]2[O-])c(O)c(C(C)(c2ccccc2)c2ccccc2)c1. The van der Waals surface area contributed by atoms with Crippen LogP contribution >= 0.6 is 0 Å². The van der Waals surface area contributed by atoms with Crippen LogP contribution in [-0.4, -0.2) is 15.0 Å². The van der Waals surface area contributed by atoms with Crippen LogP contribution in [-0.2, 0) is 10.8 Å². The van der Waals surface area contributed by atoms with Gasteiger partial charge in [-0.15, -0.1) is 4.85 Å². The summed E-state index contributed by atoms with van der Waals surface area (Å²) in [4.78, 5) is 2.00. The van der Waals surface area contributed by atoms with Crippen molar-refractivity contribution in [2.24, 2.45) is 0 Å². The Morgan fingerprint density at radius 2 is 1.29 bits per heavy atom. The van der Waals surface area contributed by atoms with Crippen LogP contribution < -0.4 is 4.85 Å². The maximum atomic E-state index is 13.2. The Hall–Kier alpha value is -4.12. The average Bonchev–Trinajstić information content (AvgIpc) is 3.20. The lowest BCUT2D eigenvalue weighted by molar-refractivity contribution is -0.664. The first-order valence-electron chi connectivity index (χ1n) is 11.8. The van der Waals surface area contributed by atoms with Crippen molar-refractivity contribution in [3.05, 3.63) is 125 Å². The van der Waals surface area contributed by atoms with E-state index in [9.17, 15) is 10.3 Å². The number of nitrogens with zero attached hydrogens (tertiary/aromatic N) is 3. The molecule has 0 saturated carbocycles. The summed E-state index contributed by atoms with van der Waals surface area (Å²) in [6, 6.07) is 31.4. The molecule has 1 N–H and O–H groups in total. The molecule has 0 unspecified atom stereocenters. The van der Waals surface area contributed by atoms with Gasteiger partial charge in [0.05, 0.1) is 5.10 Å². The summed E-state index contributed by atoms with van der Waals surface area (Å²) in [6.07, 6.45) is 0. The van der Waals surface area contributed by atoms with Gasteiger partial charge >= 0.3 is 0 Å². The average molecular weight is 464 g/mol. The number of hydrogen-bond donors (Lipinski definition) is 1. The first kappa shape index (κ1) is 22.7. The molecule has 1 aromatic heterocycles. The number of phenolic OH excluding ortho intramolecular Hbond substituents is 1. The third kappa shape index (κ3) is 3.73. The van der Waals surface area contributed by atoms with Gasteiger partial charge in [-0.05, 0) is 52.0 Å². The number of aromatic hydroxyl groups is 1. The highest BCUT2D eigenvalue weighted by atomic mass is 16.5. The molecule has 0 spiro atoms. The molecule has 5 rings (SSSR count). The summed E-state index contributed by atoms with van der Waals surface area (Å²) in [5, 5.41) is 29.6. The van der Waals surface area contributed by atoms with Crippen molar-refractivity contribution in [2.75, 3.05) is 0 Å². The number of rotatable bonds is 4. The summed E-state index contributed by atoms with van der Waals surface area (Å²) < 4.78 is 0. The molecule has 0 atom stereocenters. The fourth-order valence-corrected chi connectivity index (χ4v) is 4.71. The molecular formula is C30H29N3O2. The van der Waals surface area contributed by atoms with Gasteiger partial charge in [-0.25, -0.2) is 0 Å². The Bertz CT molecular complexity index is 1460. The zero-order valence-electron chi connectivity index (χ0n) is 20.4. The molecule has 5 nitrogen and oxygen atoms in total. The Morgan fingerprint density at radius 3 is 1.83 bits per heavy atom. The molecule has 4 aromatic carbocycles. The molecule has 5 heteroatoms. The lowest BCUT2D eigenvalue weighted by atomic mass is 9.69. The molecule has 5 aromatic rings. The molecule has 1 heterocycles. The van der Waals surface area contributed by atoms with Gasteiger partial charge in [-0.3, -0.25) is 0 Å². The lowest BCUT2D eigenvalue weighted by Crippen LogP contribution is -2.37. The van der Waals surface area contributed by atoms with E-state index in [-0.39, 0.29) is 11.2 Å². The van der Waals surface area contributed by atoms with E-state index in [1.807, 2.05) is 54.6 Å². The predicted octanol–water partition coefficient (Wildman–Crippen LogP) is 6.02. The molecule has 176 valence electrons. The fourth-order valence-electron chi connectivity index (χ4n) is 4.71.